The number of aryl methyl sites for hydroxylation is 1. The molecule has 11 nitrogen and oxygen atoms in total. The van der Waals surface area contributed by atoms with Gasteiger partial charge in [0.2, 0.25) is 5.65 Å². The maximum Gasteiger partial charge on any atom is 0.203 e. The summed E-state index contributed by atoms with van der Waals surface area (Å²) in [6.45, 7) is 10.6. The molecule has 0 aromatic carbocycles. The fraction of sp³-hybridized carbons (Fsp3) is 0.400. The van der Waals surface area contributed by atoms with Gasteiger partial charge in [0.05, 0.1) is 18.5 Å². The third-order valence-electron chi connectivity index (χ3n) is 4.47. The second kappa shape index (κ2) is 8.36. The molecule has 4 aromatic heterocycles. The van der Waals surface area contributed by atoms with E-state index in [0.29, 0.717) is 41.0 Å². The van der Waals surface area contributed by atoms with Gasteiger partial charge in [-0.2, -0.15) is 14.4 Å². The SMILES string of the molecule is CCOOCc1cnn(-c2ccccn2)c1N=Nc1c(C(C)(C)C)[nH]n2nc(C)nc12. The summed E-state index contributed by atoms with van der Waals surface area (Å²) in [5.41, 5.74) is 2.61. The van der Waals surface area contributed by atoms with Crippen molar-refractivity contribution >= 4 is 17.2 Å². The highest BCUT2D eigenvalue weighted by atomic mass is 17.2. The minimum absolute atomic E-state index is 0.174. The normalized spacial score (nSPS) is 12.4. The first-order valence-electron chi connectivity index (χ1n) is 9.98. The summed E-state index contributed by atoms with van der Waals surface area (Å²) >= 11 is 0. The number of hydrogen-bond donors (Lipinski definition) is 1. The summed E-state index contributed by atoms with van der Waals surface area (Å²) < 4.78 is 3.24. The number of aromatic amines is 1. The van der Waals surface area contributed by atoms with Gasteiger partial charge in [-0.15, -0.1) is 15.3 Å². The van der Waals surface area contributed by atoms with Crippen LogP contribution in [0.25, 0.3) is 11.5 Å². The van der Waals surface area contributed by atoms with Crippen LogP contribution in [-0.4, -0.2) is 41.2 Å². The number of fused-ring (bicyclic) bond motifs is 1. The number of pyridine rings is 1. The molecule has 0 fully saturated rings. The van der Waals surface area contributed by atoms with E-state index < -0.39 is 0 Å². The molecule has 0 aliphatic heterocycles. The standard InChI is InChI=1S/C20H25N9O2/c1-6-30-31-12-14-11-22-28(15-9-7-8-10-21-15)18(14)25-24-16-17(20(3,4)5)27-29-19(16)23-13(2)26-29/h7-11,27H,6,12H2,1-5H3. The lowest BCUT2D eigenvalue weighted by Crippen LogP contribution is -2.12. The van der Waals surface area contributed by atoms with Crippen LogP contribution in [0.5, 0.6) is 0 Å². The Morgan fingerprint density at radius 2 is 2.00 bits per heavy atom. The molecule has 4 rings (SSSR count). The molecular formula is C20H25N9O2. The lowest BCUT2D eigenvalue weighted by Gasteiger charge is -2.16. The molecule has 0 aliphatic carbocycles. The first-order chi connectivity index (χ1) is 14.9. The lowest BCUT2D eigenvalue weighted by atomic mass is 9.91. The van der Waals surface area contributed by atoms with Crippen LogP contribution in [-0.2, 0) is 21.8 Å². The van der Waals surface area contributed by atoms with Gasteiger partial charge in [0, 0.05) is 17.2 Å². The average Bonchev–Trinajstić information content (AvgIpc) is 3.39. The number of nitrogens with zero attached hydrogens (tertiary/aromatic N) is 8. The van der Waals surface area contributed by atoms with Crippen molar-refractivity contribution < 1.29 is 9.78 Å². The van der Waals surface area contributed by atoms with Crippen molar-refractivity contribution in [3.8, 4) is 5.82 Å². The fourth-order valence-electron chi connectivity index (χ4n) is 3.05. The lowest BCUT2D eigenvalue weighted by molar-refractivity contribution is -0.300. The Labute approximate surface area is 179 Å². The van der Waals surface area contributed by atoms with E-state index in [1.54, 1.807) is 21.7 Å². The van der Waals surface area contributed by atoms with Crippen molar-refractivity contribution in [1.82, 2.24) is 34.6 Å². The molecule has 0 radical (unpaired) electrons. The van der Waals surface area contributed by atoms with Crippen LogP contribution in [0.1, 0.15) is 44.8 Å². The van der Waals surface area contributed by atoms with E-state index in [1.807, 2.05) is 32.0 Å². The van der Waals surface area contributed by atoms with Crippen LogP contribution < -0.4 is 0 Å². The number of hydrogen-bond acceptors (Lipinski definition) is 8. The Morgan fingerprint density at radius 3 is 2.71 bits per heavy atom. The van der Waals surface area contributed by atoms with Gasteiger partial charge in [-0.1, -0.05) is 26.8 Å². The van der Waals surface area contributed by atoms with Crippen molar-refractivity contribution in [3.05, 3.63) is 47.7 Å². The Hall–Kier alpha value is -3.44. The minimum atomic E-state index is -0.216. The van der Waals surface area contributed by atoms with E-state index in [1.165, 1.54) is 0 Å². The summed E-state index contributed by atoms with van der Waals surface area (Å²) in [5, 5.41) is 21.2. The molecule has 0 atom stereocenters. The second-order valence-corrected chi connectivity index (χ2v) is 7.94. The number of rotatable bonds is 7. The third kappa shape index (κ3) is 4.23. The first-order valence-corrected chi connectivity index (χ1v) is 9.98. The van der Waals surface area contributed by atoms with E-state index in [9.17, 15) is 0 Å². The molecule has 0 saturated heterocycles. The molecule has 0 amide bonds. The van der Waals surface area contributed by atoms with Gasteiger partial charge in [0.1, 0.15) is 12.4 Å². The Bertz CT molecular complexity index is 1200. The molecule has 0 bridgehead atoms. The van der Waals surface area contributed by atoms with Crippen LogP contribution >= 0.6 is 0 Å². The van der Waals surface area contributed by atoms with E-state index >= 15 is 0 Å². The first kappa shape index (κ1) is 20.8. The van der Waals surface area contributed by atoms with Crippen molar-refractivity contribution in [2.24, 2.45) is 10.2 Å². The number of H-pyrrole nitrogens is 1. The molecule has 0 spiro atoms. The van der Waals surface area contributed by atoms with Gasteiger partial charge in [-0.25, -0.2) is 19.7 Å². The molecule has 0 saturated carbocycles. The smallest absolute Gasteiger partial charge is 0.203 e. The van der Waals surface area contributed by atoms with Gasteiger partial charge >= 0.3 is 0 Å². The predicted molar refractivity (Wildman–Crippen MR) is 113 cm³/mol. The van der Waals surface area contributed by atoms with Gasteiger partial charge in [0.15, 0.2) is 17.3 Å². The largest absolute Gasteiger partial charge is 0.277 e. The van der Waals surface area contributed by atoms with Gasteiger partial charge in [-0.05, 0) is 26.0 Å². The molecule has 1 N–H and O–H groups in total. The maximum atomic E-state index is 5.24. The number of nitrogens with one attached hydrogen (secondary N) is 1. The van der Waals surface area contributed by atoms with E-state index in [2.05, 4.69) is 56.3 Å². The summed E-state index contributed by atoms with van der Waals surface area (Å²) in [4.78, 5) is 19.1. The fourth-order valence-corrected chi connectivity index (χ4v) is 3.05. The summed E-state index contributed by atoms with van der Waals surface area (Å²) in [5.74, 6) is 1.76. The van der Waals surface area contributed by atoms with Crippen LogP contribution in [0.15, 0.2) is 40.8 Å². The van der Waals surface area contributed by atoms with Crippen molar-refractivity contribution in [1.29, 1.82) is 0 Å². The van der Waals surface area contributed by atoms with Crippen LogP contribution in [0.4, 0.5) is 11.5 Å². The van der Waals surface area contributed by atoms with Gasteiger partial charge in [0.25, 0.3) is 0 Å². The van der Waals surface area contributed by atoms with E-state index in [0.717, 1.165) is 5.69 Å². The van der Waals surface area contributed by atoms with Gasteiger partial charge in [-0.3, -0.25) is 5.10 Å². The zero-order valence-electron chi connectivity index (χ0n) is 18.2. The Balaban J connectivity index is 1.80. The van der Waals surface area contributed by atoms with E-state index in [4.69, 9.17) is 9.78 Å². The maximum absolute atomic E-state index is 5.24. The molecular weight excluding hydrogens is 398 g/mol. The summed E-state index contributed by atoms with van der Waals surface area (Å²) in [7, 11) is 0. The molecule has 0 aliphatic rings. The van der Waals surface area contributed by atoms with Crippen LogP contribution in [0.3, 0.4) is 0 Å². The number of azo groups is 1. The molecule has 4 heterocycles. The Morgan fingerprint density at radius 1 is 1.16 bits per heavy atom. The van der Waals surface area contributed by atoms with Crippen molar-refractivity contribution in [2.45, 2.75) is 46.6 Å². The highest BCUT2D eigenvalue weighted by Gasteiger charge is 2.25. The van der Waals surface area contributed by atoms with Crippen molar-refractivity contribution in [3.63, 3.8) is 0 Å². The highest BCUT2D eigenvalue weighted by molar-refractivity contribution is 5.68. The van der Waals surface area contributed by atoms with E-state index in [-0.39, 0.29) is 12.0 Å². The van der Waals surface area contributed by atoms with Crippen LogP contribution in [0.2, 0.25) is 0 Å². The third-order valence-corrected chi connectivity index (χ3v) is 4.47. The second-order valence-electron chi connectivity index (χ2n) is 7.94. The Kier molecular flexibility index (Phi) is 5.61. The highest BCUT2D eigenvalue weighted by Crippen LogP contribution is 2.35. The van der Waals surface area contributed by atoms with Crippen molar-refractivity contribution in [2.75, 3.05) is 6.61 Å². The number of aromatic nitrogens is 7. The zero-order chi connectivity index (χ0) is 22.0. The molecule has 11 heteroatoms. The monoisotopic (exact) mass is 423 g/mol. The summed E-state index contributed by atoms with van der Waals surface area (Å²) in [6.07, 6.45) is 3.36. The molecule has 162 valence electrons. The minimum Gasteiger partial charge on any atom is -0.277 e. The van der Waals surface area contributed by atoms with Gasteiger partial charge < -0.3 is 0 Å². The molecule has 0 unspecified atom stereocenters. The zero-order valence-corrected chi connectivity index (χ0v) is 18.2. The predicted octanol–water partition coefficient (Wildman–Crippen LogP) is 4.13. The average molecular weight is 423 g/mol. The van der Waals surface area contributed by atoms with Crippen LogP contribution in [0, 0.1) is 6.92 Å². The quantitative estimate of drug-likeness (QED) is 0.207. The topological polar surface area (TPSA) is 120 Å². The molecule has 31 heavy (non-hydrogen) atoms. The summed E-state index contributed by atoms with van der Waals surface area (Å²) in [6, 6.07) is 5.57. The molecule has 4 aromatic rings.